The first kappa shape index (κ1) is 13.7. The number of aliphatic hydroxyl groups is 1. The second-order valence-electron chi connectivity index (χ2n) is 5.14. The smallest absolute Gasteiger partial charge is 0.340 e. The van der Waals surface area contributed by atoms with E-state index in [0.29, 0.717) is 17.2 Å². The van der Waals surface area contributed by atoms with Crippen molar-refractivity contribution >= 4 is 17.3 Å². The van der Waals surface area contributed by atoms with Crippen LogP contribution in [-0.4, -0.2) is 37.9 Å². The van der Waals surface area contributed by atoms with Crippen molar-refractivity contribution in [2.24, 2.45) is 5.92 Å². The molecule has 3 N–H and O–H groups in total. The van der Waals surface area contributed by atoms with Gasteiger partial charge in [0.15, 0.2) is 0 Å². The molecule has 1 saturated carbocycles. The van der Waals surface area contributed by atoms with Crippen molar-refractivity contribution in [1.82, 2.24) is 0 Å². The molecule has 0 heterocycles. The van der Waals surface area contributed by atoms with Crippen molar-refractivity contribution in [2.45, 2.75) is 18.9 Å². The molecule has 104 valence electrons. The summed E-state index contributed by atoms with van der Waals surface area (Å²) in [6.45, 7) is 0.810. The standard InChI is InChI=1S/C14H20N2O3/c1-16(8-9-5-11(17)6-9)13-4-3-10(15)7-12(13)14(18)19-2/h3-4,7,9,11,17H,5-6,8,15H2,1-2H3. The van der Waals surface area contributed by atoms with E-state index in [2.05, 4.69) is 0 Å². The van der Waals surface area contributed by atoms with Gasteiger partial charge < -0.3 is 20.5 Å². The Hall–Kier alpha value is -1.75. The van der Waals surface area contributed by atoms with Crippen LogP contribution in [0, 0.1) is 5.92 Å². The Morgan fingerprint density at radius 1 is 1.53 bits per heavy atom. The molecule has 0 amide bonds. The van der Waals surface area contributed by atoms with Gasteiger partial charge in [-0.1, -0.05) is 0 Å². The predicted molar refractivity (Wildman–Crippen MR) is 74.2 cm³/mol. The number of ether oxygens (including phenoxy) is 1. The van der Waals surface area contributed by atoms with Gasteiger partial charge in [-0.15, -0.1) is 0 Å². The highest BCUT2D eigenvalue weighted by Gasteiger charge is 2.28. The maximum atomic E-state index is 11.8. The van der Waals surface area contributed by atoms with Crippen molar-refractivity contribution < 1.29 is 14.6 Å². The van der Waals surface area contributed by atoms with E-state index in [-0.39, 0.29) is 12.1 Å². The molecule has 1 aromatic carbocycles. The minimum absolute atomic E-state index is 0.162. The highest BCUT2D eigenvalue weighted by molar-refractivity contribution is 5.96. The van der Waals surface area contributed by atoms with E-state index in [1.54, 1.807) is 12.1 Å². The van der Waals surface area contributed by atoms with Crippen LogP contribution in [0.5, 0.6) is 0 Å². The van der Waals surface area contributed by atoms with Crippen molar-refractivity contribution in [2.75, 3.05) is 31.3 Å². The lowest BCUT2D eigenvalue weighted by Gasteiger charge is -2.35. The molecular weight excluding hydrogens is 244 g/mol. The summed E-state index contributed by atoms with van der Waals surface area (Å²) in [6.07, 6.45) is 1.49. The third-order valence-electron chi connectivity index (χ3n) is 3.58. The van der Waals surface area contributed by atoms with Gasteiger partial charge in [-0.25, -0.2) is 4.79 Å². The molecule has 1 aliphatic carbocycles. The van der Waals surface area contributed by atoms with Crippen molar-refractivity contribution in [3.05, 3.63) is 23.8 Å². The quantitative estimate of drug-likeness (QED) is 0.632. The molecule has 1 aliphatic rings. The van der Waals surface area contributed by atoms with Crippen molar-refractivity contribution in [3.8, 4) is 0 Å². The van der Waals surface area contributed by atoms with Crippen LogP contribution < -0.4 is 10.6 Å². The molecule has 1 fully saturated rings. The third-order valence-corrected chi connectivity index (χ3v) is 3.58. The minimum atomic E-state index is -0.386. The fourth-order valence-corrected chi connectivity index (χ4v) is 2.50. The topological polar surface area (TPSA) is 75.8 Å². The van der Waals surface area contributed by atoms with Crippen LogP contribution >= 0.6 is 0 Å². The van der Waals surface area contributed by atoms with Gasteiger partial charge in [-0.3, -0.25) is 0 Å². The Kier molecular flexibility index (Phi) is 3.95. The van der Waals surface area contributed by atoms with Crippen LogP contribution in [0.4, 0.5) is 11.4 Å². The van der Waals surface area contributed by atoms with E-state index in [1.165, 1.54) is 7.11 Å². The molecule has 1 aromatic rings. The molecule has 19 heavy (non-hydrogen) atoms. The average molecular weight is 264 g/mol. The lowest BCUT2D eigenvalue weighted by Crippen LogP contribution is -2.37. The number of anilines is 2. The highest BCUT2D eigenvalue weighted by atomic mass is 16.5. The number of carbonyl (C=O) groups is 1. The van der Waals surface area contributed by atoms with Gasteiger partial charge >= 0.3 is 5.97 Å². The molecular formula is C14H20N2O3. The van der Waals surface area contributed by atoms with Gasteiger partial charge in [-0.2, -0.15) is 0 Å². The Balaban J connectivity index is 2.15. The van der Waals surface area contributed by atoms with Crippen molar-refractivity contribution in [1.29, 1.82) is 0 Å². The third kappa shape index (κ3) is 2.98. The van der Waals surface area contributed by atoms with E-state index >= 15 is 0 Å². The first-order valence-electron chi connectivity index (χ1n) is 6.38. The van der Waals surface area contributed by atoms with E-state index in [0.717, 1.165) is 25.1 Å². The monoisotopic (exact) mass is 264 g/mol. The summed E-state index contributed by atoms with van der Waals surface area (Å²) in [5, 5.41) is 9.31. The van der Waals surface area contributed by atoms with Gasteiger partial charge in [0.25, 0.3) is 0 Å². The molecule has 5 nitrogen and oxygen atoms in total. The van der Waals surface area contributed by atoms with Gasteiger partial charge in [0.1, 0.15) is 0 Å². The van der Waals surface area contributed by atoms with Gasteiger partial charge in [0.2, 0.25) is 0 Å². The Labute approximate surface area is 113 Å². The van der Waals surface area contributed by atoms with E-state index < -0.39 is 0 Å². The second kappa shape index (κ2) is 5.48. The summed E-state index contributed by atoms with van der Waals surface area (Å²) >= 11 is 0. The highest BCUT2D eigenvalue weighted by Crippen LogP contribution is 2.30. The first-order valence-corrected chi connectivity index (χ1v) is 6.38. The summed E-state index contributed by atoms with van der Waals surface area (Å²) in [5.41, 5.74) is 7.54. The SMILES string of the molecule is COC(=O)c1cc(N)ccc1N(C)CC1CC(O)C1. The Morgan fingerprint density at radius 3 is 2.79 bits per heavy atom. The number of aliphatic hydroxyl groups excluding tert-OH is 1. The molecule has 0 aliphatic heterocycles. The van der Waals surface area contributed by atoms with Gasteiger partial charge in [0, 0.05) is 19.3 Å². The Bertz CT molecular complexity index is 470. The van der Waals surface area contributed by atoms with E-state index in [9.17, 15) is 9.90 Å². The number of benzene rings is 1. The van der Waals surface area contributed by atoms with E-state index in [1.807, 2.05) is 18.0 Å². The van der Waals surface area contributed by atoms with Crippen LogP contribution in [-0.2, 0) is 4.74 Å². The zero-order valence-electron chi connectivity index (χ0n) is 11.3. The molecule has 0 radical (unpaired) electrons. The van der Waals surface area contributed by atoms with Crippen LogP contribution in [0.3, 0.4) is 0 Å². The summed E-state index contributed by atoms with van der Waals surface area (Å²) < 4.78 is 4.78. The molecule has 5 heteroatoms. The molecule has 0 unspecified atom stereocenters. The normalized spacial score (nSPS) is 21.6. The predicted octanol–water partition coefficient (Wildman–Crippen LogP) is 1.26. The van der Waals surface area contributed by atoms with Gasteiger partial charge in [0.05, 0.1) is 24.5 Å². The maximum Gasteiger partial charge on any atom is 0.340 e. The molecule has 0 aromatic heterocycles. The lowest BCUT2D eigenvalue weighted by atomic mass is 9.82. The summed E-state index contributed by atoms with van der Waals surface area (Å²) in [5.74, 6) is 0.0887. The number of nitrogens with zero attached hydrogens (tertiary/aromatic N) is 1. The fourth-order valence-electron chi connectivity index (χ4n) is 2.50. The van der Waals surface area contributed by atoms with Crippen LogP contribution in [0.2, 0.25) is 0 Å². The zero-order chi connectivity index (χ0) is 14.0. The maximum absolute atomic E-state index is 11.8. The minimum Gasteiger partial charge on any atom is -0.465 e. The number of hydrogen-bond acceptors (Lipinski definition) is 5. The molecule has 0 atom stereocenters. The lowest BCUT2D eigenvalue weighted by molar-refractivity contribution is 0.0463. The molecule has 0 spiro atoms. The Morgan fingerprint density at radius 2 is 2.21 bits per heavy atom. The molecule has 0 saturated heterocycles. The summed E-state index contributed by atoms with van der Waals surface area (Å²) in [4.78, 5) is 13.8. The summed E-state index contributed by atoms with van der Waals surface area (Å²) in [7, 11) is 3.29. The van der Waals surface area contributed by atoms with E-state index in [4.69, 9.17) is 10.5 Å². The number of rotatable bonds is 4. The number of methoxy groups -OCH3 is 1. The van der Waals surface area contributed by atoms with Crippen LogP contribution in [0.15, 0.2) is 18.2 Å². The number of hydrogen-bond donors (Lipinski definition) is 2. The van der Waals surface area contributed by atoms with Gasteiger partial charge in [-0.05, 0) is 37.0 Å². The number of nitrogen functional groups attached to an aromatic ring is 1. The largest absolute Gasteiger partial charge is 0.465 e. The van der Waals surface area contributed by atoms with Crippen molar-refractivity contribution in [3.63, 3.8) is 0 Å². The van der Waals surface area contributed by atoms with Crippen LogP contribution in [0.25, 0.3) is 0 Å². The first-order chi connectivity index (χ1) is 9.01. The average Bonchev–Trinajstić information content (AvgIpc) is 2.35. The fraction of sp³-hybridized carbons (Fsp3) is 0.500. The number of nitrogens with two attached hydrogens (primary N) is 1. The van der Waals surface area contributed by atoms with Crippen LogP contribution in [0.1, 0.15) is 23.2 Å². The molecule has 0 bridgehead atoms. The second-order valence-corrected chi connectivity index (χ2v) is 5.14. The number of carbonyl (C=O) groups excluding carboxylic acids is 1. The zero-order valence-corrected chi connectivity index (χ0v) is 11.3. The number of esters is 1. The summed E-state index contributed by atoms with van der Waals surface area (Å²) in [6, 6.07) is 5.23. The molecule has 2 rings (SSSR count).